The molecule has 0 aliphatic carbocycles. The lowest BCUT2D eigenvalue weighted by Gasteiger charge is -2.25. The SMILES string of the molecule is Cc1cc(Cl)c(Cl)cc1C1CCCNC1. The summed E-state index contributed by atoms with van der Waals surface area (Å²) >= 11 is 12.0. The van der Waals surface area contributed by atoms with Crippen molar-refractivity contribution in [3.05, 3.63) is 33.3 Å². The average molecular weight is 244 g/mol. The molecule has 3 heteroatoms. The van der Waals surface area contributed by atoms with Gasteiger partial charge in [0, 0.05) is 6.54 Å². The second-order valence-electron chi connectivity index (χ2n) is 4.17. The molecule has 1 atom stereocenters. The van der Waals surface area contributed by atoms with Gasteiger partial charge in [0.25, 0.3) is 0 Å². The highest BCUT2D eigenvalue weighted by Gasteiger charge is 2.17. The molecule has 1 aliphatic heterocycles. The Hall–Kier alpha value is -0.240. The number of benzene rings is 1. The zero-order valence-electron chi connectivity index (χ0n) is 8.82. The molecule has 1 unspecified atom stereocenters. The summed E-state index contributed by atoms with van der Waals surface area (Å²) < 4.78 is 0. The van der Waals surface area contributed by atoms with Crippen LogP contribution in [0.3, 0.4) is 0 Å². The van der Waals surface area contributed by atoms with Gasteiger partial charge in [-0.1, -0.05) is 23.2 Å². The fourth-order valence-corrected chi connectivity index (χ4v) is 2.61. The Morgan fingerprint density at radius 1 is 1.27 bits per heavy atom. The van der Waals surface area contributed by atoms with Crippen LogP contribution in [0.1, 0.15) is 29.9 Å². The number of rotatable bonds is 1. The highest BCUT2D eigenvalue weighted by atomic mass is 35.5. The average Bonchev–Trinajstić information content (AvgIpc) is 2.25. The molecule has 0 amide bonds. The molecule has 0 radical (unpaired) electrons. The molecular formula is C12H15Cl2N. The summed E-state index contributed by atoms with van der Waals surface area (Å²) in [5.41, 5.74) is 2.59. The number of hydrogen-bond acceptors (Lipinski definition) is 1. The van der Waals surface area contributed by atoms with E-state index in [-0.39, 0.29) is 0 Å². The second kappa shape index (κ2) is 4.73. The van der Waals surface area contributed by atoms with Gasteiger partial charge in [0.05, 0.1) is 10.0 Å². The van der Waals surface area contributed by atoms with Crippen molar-refractivity contribution in [2.75, 3.05) is 13.1 Å². The Balaban J connectivity index is 2.30. The monoisotopic (exact) mass is 243 g/mol. The van der Waals surface area contributed by atoms with Gasteiger partial charge < -0.3 is 5.32 Å². The van der Waals surface area contributed by atoms with Crippen molar-refractivity contribution in [1.82, 2.24) is 5.32 Å². The van der Waals surface area contributed by atoms with Crippen molar-refractivity contribution in [1.29, 1.82) is 0 Å². The molecule has 0 bridgehead atoms. The van der Waals surface area contributed by atoms with Gasteiger partial charge in [-0.15, -0.1) is 0 Å². The number of aryl methyl sites for hydroxylation is 1. The zero-order chi connectivity index (χ0) is 10.8. The first-order valence-corrected chi connectivity index (χ1v) is 6.10. The van der Waals surface area contributed by atoms with E-state index in [9.17, 15) is 0 Å². The van der Waals surface area contributed by atoms with Crippen LogP contribution in [0.4, 0.5) is 0 Å². The van der Waals surface area contributed by atoms with Crippen molar-refractivity contribution in [3.63, 3.8) is 0 Å². The van der Waals surface area contributed by atoms with Gasteiger partial charge in [0.1, 0.15) is 0 Å². The van der Waals surface area contributed by atoms with Gasteiger partial charge in [-0.2, -0.15) is 0 Å². The topological polar surface area (TPSA) is 12.0 Å². The highest BCUT2D eigenvalue weighted by molar-refractivity contribution is 6.42. The Bertz CT molecular complexity index is 357. The van der Waals surface area contributed by atoms with E-state index in [1.165, 1.54) is 24.0 Å². The van der Waals surface area contributed by atoms with Crippen molar-refractivity contribution < 1.29 is 0 Å². The molecule has 2 rings (SSSR count). The summed E-state index contributed by atoms with van der Waals surface area (Å²) in [6.07, 6.45) is 2.48. The minimum atomic E-state index is 0.591. The molecule has 0 saturated carbocycles. The third-order valence-corrected chi connectivity index (χ3v) is 3.77. The van der Waals surface area contributed by atoms with Gasteiger partial charge in [0.2, 0.25) is 0 Å². The number of piperidine rings is 1. The van der Waals surface area contributed by atoms with Crippen LogP contribution in [-0.2, 0) is 0 Å². The normalized spacial score (nSPS) is 21.7. The van der Waals surface area contributed by atoms with E-state index in [0.29, 0.717) is 16.0 Å². The van der Waals surface area contributed by atoms with Crippen LogP contribution >= 0.6 is 23.2 Å². The Morgan fingerprint density at radius 3 is 2.67 bits per heavy atom. The van der Waals surface area contributed by atoms with Gasteiger partial charge in [-0.3, -0.25) is 0 Å². The molecule has 1 N–H and O–H groups in total. The molecule has 1 fully saturated rings. The fraction of sp³-hybridized carbons (Fsp3) is 0.500. The predicted octanol–water partition coefficient (Wildman–Crippen LogP) is 3.77. The van der Waals surface area contributed by atoms with E-state index < -0.39 is 0 Å². The van der Waals surface area contributed by atoms with E-state index in [1.807, 2.05) is 12.1 Å². The van der Waals surface area contributed by atoms with E-state index in [1.54, 1.807) is 0 Å². The largest absolute Gasteiger partial charge is 0.316 e. The summed E-state index contributed by atoms with van der Waals surface area (Å²) in [5, 5.41) is 4.74. The third kappa shape index (κ3) is 2.47. The van der Waals surface area contributed by atoms with Gasteiger partial charge >= 0.3 is 0 Å². The lowest BCUT2D eigenvalue weighted by Crippen LogP contribution is -2.28. The molecular weight excluding hydrogens is 229 g/mol. The Morgan fingerprint density at radius 2 is 2.00 bits per heavy atom. The molecule has 1 nitrogen and oxygen atoms in total. The fourth-order valence-electron chi connectivity index (χ4n) is 2.22. The van der Waals surface area contributed by atoms with Crippen molar-refractivity contribution in [3.8, 4) is 0 Å². The molecule has 1 saturated heterocycles. The van der Waals surface area contributed by atoms with Crippen LogP contribution in [0, 0.1) is 6.92 Å². The maximum absolute atomic E-state index is 6.05. The Labute approximate surface area is 101 Å². The van der Waals surface area contributed by atoms with E-state index in [0.717, 1.165) is 13.1 Å². The summed E-state index contributed by atoms with van der Waals surface area (Å²) in [7, 11) is 0. The maximum Gasteiger partial charge on any atom is 0.0595 e. The van der Waals surface area contributed by atoms with E-state index >= 15 is 0 Å². The van der Waals surface area contributed by atoms with Crippen LogP contribution in [0.25, 0.3) is 0 Å². The lowest BCUT2D eigenvalue weighted by atomic mass is 9.89. The molecule has 0 aromatic heterocycles. The molecule has 82 valence electrons. The third-order valence-electron chi connectivity index (χ3n) is 3.05. The quantitative estimate of drug-likeness (QED) is 0.792. The van der Waals surface area contributed by atoms with Crippen molar-refractivity contribution in [2.45, 2.75) is 25.7 Å². The van der Waals surface area contributed by atoms with Crippen LogP contribution in [0.15, 0.2) is 12.1 Å². The van der Waals surface area contributed by atoms with Crippen LogP contribution in [-0.4, -0.2) is 13.1 Å². The van der Waals surface area contributed by atoms with Crippen LogP contribution < -0.4 is 5.32 Å². The molecule has 15 heavy (non-hydrogen) atoms. The predicted molar refractivity (Wildman–Crippen MR) is 66.0 cm³/mol. The molecule has 1 aromatic rings. The summed E-state index contributed by atoms with van der Waals surface area (Å²) in [5.74, 6) is 0.591. The van der Waals surface area contributed by atoms with E-state index in [4.69, 9.17) is 23.2 Å². The molecule has 1 aromatic carbocycles. The number of nitrogens with one attached hydrogen (secondary N) is 1. The number of hydrogen-bond donors (Lipinski definition) is 1. The minimum Gasteiger partial charge on any atom is -0.316 e. The minimum absolute atomic E-state index is 0.591. The van der Waals surface area contributed by atoms with Crippen LogP contribution in [0.2, 0.25) is 10.0 Å². The lowest BCUT2D eigenvalue weighted by molar-refractivity contribution is 0.460. The van der Waals surface area contributed by atoms with Gasteiger partial charge in [0.15, 0.2) is 0 Å². The highest BCUT2D eigenvalue weighted by Crippen LogP contribution is 2.32. The second-order valence-corrected chi connectivity index (χ2v) is 4.98. The van der Waals surface area contributed by atoms with E-state index in [2.05, 4.69) is 12.2 Å². The maximum atomic E-state index is 6.05. The standard InChI is InChI=1S/C12H15Cl2N/c1-8-5-11(13)12(14)6-10(8)9-3-2-4-15-7-9/h5-6,9,15H,2-4,7H2,1H3. The first-order valence-electron chi connectivity index (χ1n) is 5.34. The summed E-state index contributed by atoms with van der Waals surface area (Å²) in [6.45, 7) is 4.29. The first kappa shape index (κ1) is 11.3. The molecule has 0 spiro atoms. The van der Waals surface area contributed by atoms with Gasteiger partial charge in [-0.25, -0.2) is 0 Å². The molecule has 1 aliphatic rings. The van der Waals surface area contributed by atoms with Crippen molar-refractivity contribution >= 4 is 23.2 Å². The Kier molecular flexibility index (Phi) is 3.55. The summed E-state index contributed by atoms with van der Waals surface area (Å²) in [4.78, 5) is 0. The van der Waals surface area contributed by atoms with Crippen LogP contribution in [0.5, 0.6) is 0 Å². The smallest absolute Gasteiger partial charge is 0.0595 e. The summed E-state index contributed by atoms with van der Waals surface area (Å²) in [6, 6.07) is 3.99. The first-order chi connectivity index (χ1) is 7.18. The molecule has 1 heterocycles. The zero-order valence-corrected chi connectivity index (χ0v) is 10.3. The van der Waals surface area contributed by atoms with Crippen molar-refractivity contribution in [2.24, 2.45) is 0 Å². The van der Waals surface area contributed by atoms with Gasteiger partial charge in [-0.05, 0) is 55.5 Å². The number of halogens is 2.